The summed E-state index contributed by atoms with van der Waals surface area (Å²) in [6.45, 7) is 0. The van der Waals surface area contributed by atoms with Crippen LogP contribution in [0.2, 0.25) is 0 Å². The highest BCUT2D eigenvalue weighted by atomic mass is 15.0. The summed E-state index contributed by atoms with van der Waals surface area (Å²) in [6.07, 6.45) is 0. The molecule has 0 aliphatic heterocycles. The zero-order valence-electron chi connectivity index (χ0n) is 31.2. The van der Waals surface area contributed by atoms with Gasteiger partial charge in [0.2, 0.25) is 0 Å². The first-order valence-corrected chi connectivity index (χ1v) is 19.8. The van der Waals surface area contributed by atoms with Gasteiger partial charge >= 0.3 is 0 Å². The van der Waals surface area contributed by atoms with Crippen LogP contribution in [-0.2, 0) is 0 Å². The summed E-state index contributed by atoms with van der Waals surface area (Å²) < 4.78 is 2.50. The molecule has 0 saturated heterocycles. The van der Waals surface area contributed by atoms with Gasteiger partial charge < -0.3 is 4.57 Å². The fraction of sp³-hybridized carbons (Fsp3) is 0. The number of aromatic nitrogens is 1. The van der Waals surface area contributed by atoms with Gasteiger partial charge in [-0.2, -0.15) is 0 Å². The van der Waals surface area contributed by atoms with Gasteiger partial charge in [-0.1, -0.05) is 182 Å². The minimum Gasteiger partial charge on any atom is -0.309 e. The Kier molecular flexibility index (Phi) is 7.00. The number of benzene rings is 11. The van der Waals surface area contributed by atoms with E-state index in [4.69, 9.17) is 0 Å². The van der Waals surface area contributed by atoms with Gasteiger partial charge in [0, 0.05) is 21.8 Å². The number of nitrogens with zero attached hydrogens (tertiary/aromatic N) is 1. The van der Waals surface area contributed by atoms with Gasteiger partial charge in [-0.3, -0.25) is 0 Å². The van der Waals surface area contributed by atoms with Crippen molar-refractivity contribution in [3.63, 3.8) is 0 Å². The molecule has 0 fully saturated rings. The van der Waals surface area contributed by atoms with Gasteiger partial charge in [-0.05, 0) is 112 Å². The highest BCUT2D eigenvalue weighted by Crippen LogP contribution is 2.45. The monoisotopic (exact) mass is 721 g/mol. The molecule has 1 heteroatoms. The van der Waals surface area contributed by atoms with Crippen LogP contribution in [-0.4, -0.2) is 4.57 Å². The fourth-order valence-corrected chi connectivity index (χ4v) is 9.55. The molecule has 12 aromatic rings. The molecule has 0 unspecified atom stereocenters. The summed E-state index contributed by atoms with van der Waals surface area (Å²) in [5.41, 5.74) is 11.0. The molecular formula is C56H35N. The molecule has 1 aromatic heterocycles. The molecule has 0 bridgehead atoms. The Morgan fingerprint density at radius 2 is 0.737 bits per heavy atom. The second-order valence-electron chi connectivity index (χ2n) is 15.2. The summed E-state index contributed by atoms with van der Waals surface area (Å²) in [6, 6.07) is 78.3. The van der Waals surface area contributed by atoms with Gasteiger partial charge in [0.1, 0.15) is 0 Å². The Hall–Kier alpha value is -7.48. The highest BCUT2D eigenvalue weighted by Gasteiger charge is 2.20. The summed E-state index contributed by atoms with van der Waals surface area (Å²) in [5, 5.41) is 15.1. The lowest BCUT2D eigenvalue weighted by molar-refractivity contribution is 1.19. The van der Waals surface area contributed by atoms with Crippen molar-refractivity contribution in [2.75, 3.05) is 0 Å². The van der Waals surface area contributed by atoms with Crippen LogP contribution in [0, 0.1) is 0 Å². The van der Waals surface area contributed by atoms with Crippen molar-refractivity contribution in [1.29, 1.82) is 0 Å². The molecule has 0 N–H and O–H groups in total. The molecule has 0 spiro atoms. The minimum atomic E-state index is 1.15. The van der Waals surface area contributed by atoms with E-state index < -0.39 is 0 Å². The van der Waals surface area contributed by atoms with E-state index in [1.165, 1.54) is 109 Å². The Bertz CT molecular complexity index is 3500. The third-order valence-corrected chi connectivity index (χ3v) is 12.1. The summed E-state index contributed by atoms with van der Waals surface area (Å²) in [7, 11) is 0. The standard InChI is InChI=1S/C56H35N/c1-2-14-39(15-3-1)53-46-18-8-10-20-48(46)54(49-21-11-9-19-47(49)53)40-26-30-44(31-27-40)57-52-33-29-37-13-6-7-17-45(37)55(52)50-32-28-38-23-25-43(35-51(38)56(50)57)42-24-22-36-12-4-5-16-41(36)34-42/h1-35H. The molecular weight excluding hydrogens is 687 g/mol. The van der Waals surface area contributed by atoms with E-state index in [0.717, 1.165) is 5.69 Å². The average Bonchev–Trinajstić information content (AvgIpc) is 3.63. The van der Waals surface area contributed by atoms with Gasteiger partial charge in [-0.25, -0.2) is 0 Å². The van der Waals surface area contributed by atoms with E-state index in [2.05, 4.69) is 217 Å². The van der Waals surface area contributed by atoms with Crippen molar-refractivity contribution in [2.45, 2.75) is 0 Å². The van der Waals surface area contributed by atoms with Crippen molar-refractivity contribution < 1.29 is 0 Å². The Morgan fingerprint density at radius 1 is 0.263 bits per heavy atom. The number of hydrogen-bond donors (Lipinski definition) is 0. The SMILES string of the molecule is c1ccc(-c2c3ccccc3c(-c3ccc(-n4c5ccc6ccccc6c5c5ccc6ccc(-c7ccc8ccccc8c7)cc6c54)cc3)c3ccccc23)cc1. The van der Waals surface area contributed by atoms with Gasteiger partial charge in [0.15, 0.2) is 0 Å². The number of rotatable bonds is 4. The number of fused-ring (bicyclic) bond motifs is 10. The predicted molar refractivity (Wildman–Crippen MR) is 245 cm³/mol. The molecule has 0 aliphatic rings. The quantitative estimate of drug-likeness (QED) is 0.160. The van der Waals surface area contributed by atoms with E-state index in [1.54, 1.807) is 0 Å². The Labute approximate surface area is 330 Å². The molecule has 1 nitrogen and oxygen atoms in total. The van der Waals surface area contributed by atoms with Crippen LogP contribution in [0.3, 0.4) is 0 Å². The lowest BCUT2D eigenvalue weighted by Crippen LogP contribution is -1.95. The van der Waals surface area contributed by atoms with Crippen LogP contribution in [0.15, 0.2) is 212 Å². The van der Waals surface area contributed by atoms with Crippen LogP contribution < -0.4 is 0 Å². The lowest BCUT2D eigenvalue weighted by atomic mass is 9.86. The molecule has 11 aromatic carbocycles. The third kappa shape index (κ3) is 4.89. The predicted octanol–water partition coefficient (Wildman–Crippen LogP) is 15.6. The molecule has 0 radical (unpaired) electrons. The zero-order valence-corrected chi connectivity index (χ0v) is 31.2. The Balaban J connectivity index is 1.11. The average molecular weight is 722 g/mol. The molecule has 264 valence electrons. The maximum atomic E-state index is 2.50. The fourth-order valence-electron chi connectivity index (χ4n) is 9.55. The highest BCUT2D eigenvalue weighted by molar-refractivity contribution is 6.26. The largest absolute Gasteiger partial charge is 0.309 e. The maximum absolute atomic E-state index is 2.50. The van der Waals surface area contributed by atoms with E-state index >= 15 is 0 Å². The van der Waals surface area contributed by atoms with E-state index in [1.807, 2.05) is 0 Å². The first-order valence-electron chi connectivity index (χ1n) is 19.8. The van der Waals surface area contributed by atoms with Gasteiger partial charge in [0.25, 0.3) is 0 Å². The van der Waals surface area contributed by atoms with Crippen molar-refractivity contribution in [1.82, 2.24) is 4.57 Å². The normalized spacial score (nSPS) is 11.9. The van der Waals surface area contributed by atoms with Crippen molar-refractivity contribution >= 4 is 75.7 Å². The molecule has 0 atom stereocenters. The molecule has 57 heavy (non-hydrogen) atoms. The zero-order chi connectivity index (χ0) is 37.5. The lowest BCUT2D eigenvalue weighted by Gasteiger charge is -2.18. The van der Waals surface area contributed by atoms with Crippen molar-refractivity contribution in [2.24, 2.45) is 0 Å². The first kappa shape index (κ1) is 31.8. The van der Waals surface area contributed by atoms with E-state index in [0.29, 0.717) is 0 Å². The summed E-state index contributed by atoms with van der Waals surface area (Å²) in [5.74, 6) is 0. The van der Waals surface area contributed by atoms with E-state index in [-0.39, 0.29) is 0 Å². The summed E-state index contributed by atoms with van der Waals surface area (Å²) in [4.78, 5) is 0. The third-order valence-electron chi connectivity index (χ3n) is 12.1. The molecule has 0 saturated carbocycles. The smallest absolute Gasteiger partial charge is 0.0619 e. The maximum Gasteiger partial charge on any atom is 0.0619 e. The second-order valence-corrected chi connectivity index (χ2v) is 15.2. The molecule has 0 aliphatic carbocycles. The molecule has 0 amide bonds. The van der Waals surface area contributed by atoms with E-state index in [9.17, 15) is 0 Å². The van der Waals surface area contributed by atoms with Crippen LogP contribution >= 0.6 is 0 Å². The topological polar surface area (TPSA) is 4.93 Å². The minimum absolute atomic E-state index is 1.15. The van der Waals surface area contributed by atoms with Gasteiger partial charge in [-0.15, -0.1) is 0 Å². The van der Waals surface area contributed by atoms with Crippen LogP contribution in [0.1, 0.15) is 0 Å². The van der Waals surface area contributed by atoms with Crippen LogP contribution in [0.5, 0.6) is 0 Å². The van der Waals surface area contributed by atoms with Gasteiger partial charge in [0.05, 0.1) is 11.0 Å². The summed E-state index contributed by atoms with van der Waals surface area (Å²) >= 11 is 0. The number of hydrogen-bond acceptors (Lipinski definition) is 0. The van der Waals surface area contributed by atoms with Crippen molar-refractivity contribution in [3.05, 3.63) is 212 Å². The second kappa shape index (κ2) is 12.5. The Morgan fingerprint density at radius 3 is 1.42 bits per heavy atom. The molecule has 1 heterocycles. The van der Waals surface area contributed by atoms with Crippen LogP contribution in [0.25, 0.3) is 115 Å². The van der Waals surface area contributed by atoms with Crippen LogP contribution in [0.4, 0.5) is 0 Å². The van der Waals surface area contributed by atoms with Crippen molar-refractivity contribution in [3.8, 4) is 39.1 Å². The molecule has 12 rings (SSSR count). The first-order chi connectivity index (χ1) is 28.3.